The zero-order chi connectivity index (χ0) is 9.78. The number of hydrogen-bond acceptors (Lipinski definition) is 0. The van der Waals surface area contributed by atoms with Gasteiger partial charge < -0.3 is 0 Å². The largest absolute Gasteiger partial charge is 0.0848 e. The Balaban J connectivity index is 3.29. The van der Waals surface area contributed by atoms with Gasteiger partial charge in [0.2, 0.25) is 0 Å². The summed E-state index contributed by atoms with van der Waals surface area (Å²) in [6, 6.07) is 0. The smallest absolute Gasteiger partial charge is 0.0348 e. The van der Waals surface area contributed by atoms with E-state index in [1.165, 1.54) is 19.3 Å². The normalized spacial score (nSPS) is 12.5. The molecule has 0 aliphatic carbocycles. The fourth-order valence-corrected chi connectivity index (χ4v) is 0.957. The Labute approximate surface area is 83.0 Å². The summed E-state index contributed by atoms with van der Waals surface area (Å²) in [4.78, 5) is 0. The Kier molecular flexibility index (Phi) is 10.5. The summed E-state index contributed by atoms with van der Waals surface area (Å²) in [6.45, 7) is 5.94. The van der Waals surface area contributed by atoms with Gasteiger partial charge in [0.15, 0.2) is 0 Å². The molecule has 0 fully saturated rings. The van der Waals surface area contributed by atoms with Crippen LogP contribution >= 0.6 is 0 Å². The molecule has 0 N–H and O–H groups in total. The maximum absolute atomic E-state index is 3.81. The van der Waals surface area contributed by atoms with Crippen LogP contribution in [-0.2, 0) is 0 Å². The van der Waals surface area contributed by atoms with E-state index in [0.717, 1.165) is 12.8 Å². The van der Waals surface area contributed by atoms with Gasteiger partial charge in [-0.3, -0.25) is 0 Å². The Morgan fingerprint density at radius 3 is 2.23 bits per heavy atom. The average molecular weight is 177 g/mol. The van der Waals surface area contributed by atoms with Gasteiger partial charge in [0, 0.05) is 0 Å². The molecule has 0 saturated heterocycles. The molecular weight excluding hydrogens is 156 g/mol. The van der Waals surface area contributed by atoms with E-state index in [2.05, 4.69) is 50.3 Å². The molecular formula is C13H21. The molecule has 73 valence electrons. The summed E-state index contributed by atoms with van der Waals surface area (Å²) in [6.07, 6.45) is 18.6. The lowest BCUT2D eigenvalue weighted by Gasteiger charge is -1.89. The van der Waals surface area contributed by atoms with Crippen molar-refractivity contribution in [2.75, 3.05) is 0 Å². The van der Waals surface area contributed by atoms with Crippen LogP contribution in [0.5, 0.6) is 0 Å². The maximum atomic E-state index is 3.81. The molecule has 0 heteroatoms. The van der Waals surface area contributed by atoms with Crippen molar-refractivity contribution in [2.24, 2.45) is 0 Å². The summed E-state index contributed by atoms with van der Waals surface area (Å²) < 4.78 is 0. The van der Waals surface area contributed by atoms with Gasteiger partial charge in [-0.25, -0.2) is 0 Å². The van der Waals surface area contributed by atoms with Gasteiger partial charge in [-0.2, -0.15) is 0 Å². The molecule has 0 aromatic rings. The average Bonchev–Trinajstić information content (AvgIpc) is 2.16. The zero-order valence-electron chi connectivity index (χ0n) is 8.71. The van der Waals surface area contributed by atoms with E-state index < -0.39 is 0 Å². The number of unbranched alkanes of at least 4 members (excludes halogenated alkanes) is 3. The van der Waals surface area contributed by atoms with Crippen molar-refractivity contribution in [1.82, 2.24) is 0 Å². The Bertz CT molecular complexity index is 161. The lowest BCUT2D eigenvalue weighted by molar-refractivity contribution is 0.760. The zero-order valence-corrected chi connectivity index (χ0v) is 8.71. The molecule has 0 spiro atoms. The van der Waals surface area contributed by atoms with Crippen molar-refractivity contribution < 1.29 is 0 Å². The van der Waals surface area contributed by atoms with Crippen LogP contribution < -0.4 is 0 Å². The minimum atomic E-state index is 1.06. The first kappa shape index (κ1) is 12.2. The van der Waals surface area contributed by atoms with Crippen molar-refractivity contribution >= 4 is 0 Å². The highest BCUT2D eigenvalue weighted by molar-refractivity contribution is 5.10. The van der Waals surface area contributed by atoms with E-state index >= 15 is 0 Å². The molecule has 0 nitrogen and oxygen atoms in total. The number of rotatable bonds is 7. The van der Waals surface area contributed by atoms with Crippen LogP contribution in [0, 0.1) is 6.92 Å². The van der Waals surface area contributed by atoms with E-state index in [-0.39, 0.29) is 0 Å². The van der Waals surface area contributed by atoms with E-state index in [9.17, 15) is 0 Å². The standard InChI is InChI=1S/C13H21/c1-3-5-7-9-11-13-12-10-8-6-4-2/h6,8,10-13H,1,3-5,7,9H2,2H3. The topological polar surface area (TPSA) is 0 Å². The van der Waals surface area contributed by atoms with Gasteiger partial charge in [0.05, 0.1) is 0 Å². The first-order valence-electron chi connectivity index (χ1n) is 5.19. The highest BCUT2D eigenvalue weighted by Gasteiger charge is 1.79. The third kappa shape index (κ3) is 11.2. The summed E-state index contributed by atoms with van der Waals surface area (Å²) in [7, 11) is 0. The first-order valence-corrected chi connectivity index (χ1v) is 5.19. The molecule has 0 aliphatic rings. The van der Waals surface area contributed by atoms with Crippen molar-refractivity contribution in [3.63, 3.8) is 0 Å². The molecule has 0 unspecified atom stereocenters. The van der Waals surface area contributed by atoms with Crippen LogP contribution in [0.4, 0.5) is 0 Å². The monoisotopic (exact) mass is 177 g/mol. The molecule has 0 atom stereocenters. The second-order valence-electron chi connectivity index (χ2n) is 3.00. The molecule has 1 radical (unpaired) electrons. The SMILES string of the molecule is [CH2]CCCCC=CC=CC=CCC. The third-order valence-corrected chi connectivity index (χ3v) is 1.71. The lowest BCUT2D eigenvalue weighted by Crippen LogP contribution is -1.69. The fourth-order valence-electron chi connectivity index (χ4n) is 0.957. The van der Waals surface area contributed by atoms with Crippen LogP contribution in [0.15, 0.2) is 36.5 Å². The van der Waals surface area contributed by atoms with Gasteiger partial charge in [-0.15, -0.1) is 0 Å². The predicted molar refractivity (Wildman–Crippen MR) is 61.5 cm³/mol. The van der Waals surface area contributed by atoms with Crippen LogP contribution in [0.1, 0.15) is 39.0 Å². The summed E-state index contributed by atoms with van der Waals surface area (Å²) >= 11 is 0. The number of hydrogen-bond donors (Lipinski definition) is 0. The van der Waals surface area contributed by atoms with Gasteiger partial charge in [0.25, 0.3) is 0 Å². The molecule has 0 aromatic heterocycles. The number of allylic oxidation sites excluding steroid dienone is 6. The Morgan fingerprint density at radius 1 is 0.923 bits per heavy atom. The second kappa shape index (κ2) is 11.2. The van der Waals surface area contributed by atoms with E-state index in [1.54, 1.807) is 0 Å². The summed E-state index contributed by atoms with van der Waals surface area (Å²) in [5.41, 5.74) is 0. The summed E-state index contributed by atoms with van der Waals surface area (Å²) in [5.74, 6) is 0. The molecule has 0 aliphatic heterocycles. The van der Waals surface area contributed by atoms with Crippen LogP contribution in [0.3, 0.4) is 0 Å². The highest BCUT2D eigenvalue weighted by atomic mass is 13.9. The molecule has 13 heavy (non-hydrogen) atoms. The van der Waals surface area contributed by atoms with E-state index in [0.29, 0.717) is 0 Å². The Hall–Kier alpha value is -0.780. The summed E-state index contributed by atoms with van der Waals surface area (Å²) in [5, 5.41) is 0. The molecule has 0 heterocycles. The highest BCUT2D eigenvalue weighted by Crippen LogP contribution is 1.99. The van der Waals surface area contributed by atoms with Gasteiger partial charge in [-0.05, 0) is 19.3 Å². The molecule has 0 rings (SSSR count). The molecule has 0 aromatic carbocycles. The van der Waals surface area contributed by atoms with Gasteiger partial charge in [0.1, 0.15) is 0 Å². The van der Waals surface area contributed by atoms with E-state index in [4.69, 9.17) is 0 Å². The Morgan fingerprint density at radius 2 is 1.62 bits per heavy atom. The molecule has 0 amide bonds. The van der Waals surface area contributed by atoms with E-state index in [1.807, 2.05) is 0 Å². The van der Waals surface area contributed by atoms with Gasteiger partial charge in [-0.1, -0.05) is 63.1 Å². The van der Waals surface area contributed by atoms with Gasteiger partial charge >= 0.3 is 0 Å². The molecule has 0 bridgehead atoms. The van der Waals surface area contributed by atoms with Crippen LogP contribution in [0.25, 0.3) is 0 Å². The lowest BCUT2D eigenvalue weighted by atomic mass is 10.2. The van der Waals surface area contributed by atoms with Crippen LogP contribution in [0.2, 0.25) is 0 Å². The van der Waals surface area contributed by atoms with Crippen molar-refractivity contribution in [3.05, 3.63) is 43.4 Å². The van der Waals surface area contributed by atoms with Crippen molar-refractivity contribution in [3.8, 4) is 0 Å². The minimum absolute atomic E-state index is 1.06. The third-order valence-electron chi connectivity index (χ3n) is 1.71. The van der Waals surface area contributed by atoms with Crippen molar-refractivity contribution in [2.45, 2.75) is 39.0 Å². The first-order chi connectivity index (χ1) is 6.41. The predicted octanol–water partition coefficient (Wildman–Crippen LogP) is 4.46. The fraction of sp³-hybridized carbons (Fsp3) is 0.462. The quantitative estimate of drug-likeness (QED) is 0.398. The molecule has 0 saturated carbocycles. The maximum Gasteiger partial charge on any atom is -0.0348 e. The minimum Gasteiger partial charge on any atom is -0.0848 e. The van der Waals surface area contributed by atoms with Crippen molar-refractivity contribution in [1.29, 1.82) is 0 Å². The second-order valence-corrected chi connectivity index (χ2v) is 3.00. The van der Waals surface area contributed by atoms with Crippen LogP contribution in [-0.4, -0.2) is 0 Å².